The summed E-state index contributed by atoms with van der Waals surface area (Å²) in [6.07, 6.45) is 1.09. The molecule has 19 heavy (non-hydrogen) atoms. The number of para-hydroxylation sites is 1. The Bertz CT molecular complexity index is 522. The van der Waals surface area contributed by atoms with E-state index in [4.69, 9.17) is 4.74 Å². The molecular weight excluding hydrogens is 242 g/mol. The largest absolute Gasteiger partial charge is 0.494 e. The second-order valence-electron chi connectivity index (χ2n) is 4.25. The third kappa shape index (κ3) is 4.46. The first-order valence-electron chi connectivity index (χ1n) is 6.24. The van der Waals surface area contributed by atoms with E-state index >= 15 is 0 Å². The van der Waals surface area contributed by atoms with Crippen LogP contribution in [0, 0.1) is 6.92 Å². The molecule has 1 heterocycles. The van der Waals surface area contributed by atoms with E-state index in [0.717, 1.165) is 11.4 Å². The molecule has 1 aromatic heterocycles. The molecule has 5 heteroatoms. The van der Waals surface area contributed by atoms with Gasteiger partial charge in [0.15, 0.2) is 5.82 Å². The normalized spacial score (nSPS) is 10.2. The predicted molar refractivity (Wildman–Crippen MR) is 73.1 cm³/mol. The summed E-state index contributed by atoms with van der Waals surface area (Å²) >= 11 is 0. The maximum atomic E-state index is 11.6. The summed E-state index contributed by atoms with van der Waals surface area (Å²) in [4.78, 5) is 11.6. The van der Waals surface area contributed by atoms with Crippen molar-refractivity contribution in [2.45, 2.75) is 19.8 Å². The molecule has 0 aliphatic carbocycles. The molecule has 100 valence electrons. The second-order valence-corrected chi connectivity index (χ2v) is 4.25. The van der Waals surface area contributed by atoms with E-state index in [1.807, 2.05) is 37.3 Å². The highest BCUT2D eigenvalue weighted by Crippen LogP contribution is 2.09. The summed E-state index contributed by atoms with van der Waals surface area (Å²) in [5.74, 6) is 1.33. The summed E-state index contributed by atoms with van der Waals surface area (Å²) < 4.78 is 5.51. The molecule has 1 amide bonds. The fourth-order valence-corrected chi connectivity index (χ4v) is 1.63. The van der Waals surface area contributed by atoms with Crippen LogP contribution in [0.5, 0.6) is 5.75 Å². The van der Waals surface area contributed by atoms with Crippen LogP contribution in [0.25, 0.3) is 0 Å². The van der Waals surface area contributed by atoms with Gasteiger partial charge >= 0.3 is 0 Å². The number of carbonyl (C=O) groups is 1. The minimum atomic E-state index is -0.0526. The molecule has 2 N–H and O–H groups in total. The molecule has 0 atom stereocenters. The van der Waals surface area contributed by atoms with Crippen LogP contribution in [0.2, 0.25) is 0 Å². The SMILES string of the molecule is Cc1cc(NC(=O)CCCOc2ccccc2)n[nH]1. The molecule has 0 saturated carbocycles. The van der Waals surface area contributed by atoms with Gasteiger partial charge in [-0.2, -0.15) is 5.10 Å². The van der Waals surface area contributed by atoms with Crippen molar-refractivity contribution in [1.29, 1.82) is 0 Å². The van der Waals surface area contributed by atoms with Gasteiger partial charge in [-0.1, -0.05) is 18.2 Å². The first-order chi connectivity index (χ1) is 9.24. The van der Waals surface area contributed by atoms with Crippen molar-refractivity contribution in [3.8, 4) is 5.75 Å². The number of amides is 1. The molecule has 5 nitrogen and oxygen atoms in total. The number of aromatic amines is 1. The van der Waals surface area contributed by atoms with Crippen LogP contribution in [-0.4, -0.2) is 22.7 Å². The molecule has 0 bridgehead atoms. The van der Waals surface area contributed by atoms with Crippen LogP contribution in [-0.2, 0) is 4.79 Å². The average Bonchev–Trinajstić information content (AvgIpc) is 2.81. The smallest absolute Gasteiger partial charge is 0.225 e. The average molecular weight is 259 g/mol. The van der Waals surface area contributed by atoms with E-state index < -0.39 is 0 Å². The number of benzene rings is 1. The number of hydrogen-bond donors (Lipinski definition) is 2. The third-order valence-electron chi connectivity index (χ3n) is 2.53. The highest BCUT2D eigenvalue weighted by molar-refractivity contribution is 5.89. The Morgan fingerprint density at radius 3 is 2.84 bits per heavy atom. The Balaban J connectivity index is 1.64. The van der Waals surface area contributed by atoms with E-state index in [0.29, 0.717) is 25.3 Å². The minimum Gasteiger partial charge on any atom is -0.494 e. The van der Waals surface area contributed by atoms with Crippen LogP contribution in [0.15, 0.2) is 36.4 Å². The zero-order valence-corrected chi connectivity index (χ0v) is 10.8. The van der Waals surface area contributed by atoms with E-state index in [1.54, 1.807) is 6.07 Å². The lowest BCUT2D eigenvalue weighted by molar-refractivity contribution is -0.116. The standard InChI is InChI=1S/C14H17N3O2/c1-11-10-13(17-16-11)15-14(18)8-5-9-19-12-6-3-2-4-7-12/h2-4,6-7,10H,5,8-9H2,1H3,(H2,15,16,17,18). The Labute approximate surface area is 112 Å². The molecule has 0 unspecified atom stereocenters. The second kappa shape index (κ2) is 6.58. The van der Waals surface area contributed by atoms with Crippen molar-refractivity contribution >= 4 is 11.7 Å². The van der Waals surface area contributed by atoms with Crippen LogP contribution in [0.3, 0.4) is 0 Å². The topological polar surface area (TPSA) is 67.0 Å². The molecular formula is C14H17N3O2. The van der Waals surface area contributed by atoms with Crippen LogP contribution in [0.1, 0.15) is 18.5 Å². The number of H-pyrrole nitrogens is 1. The lowest BCUT2D eigenvalue weighted by Gasteiger charge is -2.05. The van der Waals surface area contributed by atoms with Gasteiger partial charge in [-0.25, -0.2) is 0 Å². The Hall–Kier alpha value is -2.30. The van der Waals surface area contributed by atoms with Crippen LogP contribution < -0.4 is 10.1 Å². The minimum absolute atomic E-state index is 0.0526. The fraction of sp³-hybridized carbons (Fsp3) is 0.286. The van der Waals surface area contributed by atoms with Gasteiger partial charge in [0.25, 0.3) is 0 Å². The molecule has 0 aliphatic rings. The first-order valence-corrected chi connectivity index (χ1v) is 6.24. The summed E-state index contributed by atoms with van der Waals surface area (Å²) in [5, 5.41) is 9.44. The quantitative estimate of drug-likeness (QED) is 0.783. The Morgan fingerprint density at radius 2 is 2.16 bits per heavy atom. The number of nitrogens with zero attached hydrogens (tertiary/aromatic N) is 1. The number of aryl methyl sites for hydroxylation is 1. The van der Waals surface area contributed by atoms with Crippen molar-refractivity contribution in [3.05, 3.63) is 42.1 Å². The monoisotopic (exact) mass is 259 g/mol. The van der Waals surface area contributed by atoms with E-state index in [2.05, 4.69) is 15.5 Å². The van der Waals surface area contributed by atoms with Crippen molar-refractivity contribution in [2.24, 2.45) is 0 Å². The number of nitrogens with one attached hydrogen (secondary N) is 2. The molecule has 2 aromatic rings. The van der Waals surface area contributed by atoms with Gasteiger partial charge < -0.3 is 10.1 Å². The zero-order valence-electron chi connectivity index (χ0n) is 10.8. The van der Waals surface area contributed by atoms with E-state index in [-0.39, 0.29) is 5.91 Å². The number of carbonyl (C=O) groups excluding carboxylic acids is 1. The summed E-state index contributed by atoms with van der Waals surface area (Å²) in [5.41, 5.74) is 0.919. The highest BCUT2D eigenvalue weighted by Gasteiger charge is 2.04. The molecule has 0 aliphatic heterocycles. The number of anilines is 1. The fourth-order valence-electron chi connectivity index (χ4n) is 1.63. The van der Waals surface area contributed by atoms with Crippen molar-refractivity contribution < 1.29 is 9.53 Å². The number of ether oxygens (including phenoxy) is 1. The van der Waals surface area contributed by atoms with Gasteiger partial charge in [-0.05, 0) is 25.5 Å². The van der Waals surface area contributed by atoms with Gasteiger partial charge in [-0.15, -0.1) is 0 Å². The summed E-state index contributed by atoms with van der Waals surface area (Å²) in [6, 6.07) is 11.4. The van der Waals surface area contributed by atoms with Crippen molar-refractivity contribution in [2.75, 3.05) is 11.9 Å². The lowest BCUT2D eigenvalue weighted by atomic mass is 10.3. The zero-order chi connectivity index (χ0) is 13.5. The maximum absolute atomic E-state index is 11.6. The third-order valence-corrected chi connectivity index (χ3v) is 2.53. The van der Waals surface area contributed by atoms with Crippen LogP contribution >= 0.6 is 0 Å². The maximum Gasteiger partial charge on any atom is 0.225 e. The Morgan fingerprint density at radius 1 is 1.37 bits per heavy atom. The molecule has 0 radical (unpaired) electrons. The summed E-state index contributed by atoms with van der Waals surface area (Å²) in [6.45, 7) is 2.41. The summed E-state index contributed by atoms with van der Waals surface area (Å²) in [7, 11) is 0. The number of aromatic nitrogens is 2. The van der Waals surface area contributed by atoms with Crippen LogP contribution in [0.4, 0.5) is 5.82 Å². The van der Waals surface area contributed by atoms with Gasteiger partial charge in [0, 0.05) is 18.2 Å². The van der Waals surface area contributed by atoms with Gasteiger partial charge in [0.2, 0.25) is 5.91 Å². The Kier molecular flexibility index (Phi) is 4.55. The van der Waals surface area contributed by atoms with E-state index in [9.17, 15) is 4.79 Å². The molecule has 1 aromatic carbocycles. The molecule has 2 rings (SSSR count). The van der Waals surface area contributed by atoms with Gasteiger partial charge in [-0.3, -0.25) is 9.89 Å². The molecule has 0 spiro atoms. The van der Waals surface area contributed by atoms with Crippen molar-refractivity contribution in [3.63, 3.8) is 0 Å². The molecule has 0 saturated heterocycles. The van der Waals surface area contributed by atoms with E-state index in [1.165, 1.54) is 0 Å². The number of rotatable bonds is 6. The predicted octanol–water partition coefficient (Wildman–Crippen LogP) is 2.52. The first kappa shape index (κ1) is 13.1. The van der Waals surface area contributed by atoms with Gasteiger partial charge in [0.1, 0.15) is 5.75 Å². The van der Waals surface area contributed by atoms with Gasteiger partial charge in [0.05, 0.1) is 6.61 Å². The molecule has 0 fully saturated rings. The lowest BCUT2D eigenvalue weighted by Crippen LogP contribution is -2.13. The highest BCUT2D eigenvalue weighted by atomic mass is 16.5. The number of hydrogen-bond acceptors (Lipinski definition) is 3. The van der Waals surface area contributed by atoms with Crippen molar-refractivity contribution in [1.82, 2.24) is 10.2 Å².